The van der Waals surface area contributed by atoms with Crippen LogP contribution in [0.2, 0.25) is 10.2 Å². The van der Waals surface area contributed by atoms with Crippen LogP contribution in [0, 0.1) is 0 Å². The molecule has 0 fully saturated rings. The number of aromatic nitrogens is 4. The van der Waals surface area contributed by atoms with E-state index in [4.69, 9.17) is 27.9 Å². The van der Waals surface area contributed by atoms with E-state index in [2.05, 4.69) is 15.1 Å². The quantitative estimate of drug-likeness (QED) is 0.496. The van der Waals surface area contributed by atoms with Gasteiger partial charge in [0.2, 0.25) is 0 Å². The van der Waals surface area contributed by atoms with E-state index in [1.165, 1.54) is 6.20 Å². The number of methoxy groups -OCH3 is 1. The normalized spacial score (nSPS) is 12.3. The van der Waals surface area contributed by atoms with Crippen molar-refractivity contribution in [3.63, 3.8) is 0 Å². The topological polar surface area (TPSA) is 86.5 Å². The summed E-state index contributed by atoms with van der Waals surface area (Å²) in [5.74, 6) is -0.190. The van der Waals surface area contributed by atoms with E-state index in [1.54, 1.807) is 36.9 Å². The SMILES string of the molecule is CCC(=O)c1ncc(CC(=O)Cc2cnc3cc(Cl)nn3c2[C@H](C)OC)cc1Cl. The number of ketones is 2. The van der Waals surface area contributed by atoms with Crippen LogP contribution in [-0.4, -0.2) is 38.3 Å². The molecular formula is C20H20Cl2N4O3. The van der Waals surface area contributed by atoms with Crippen molar-refractivity contribution in [2.45, 2.75) is 39.2 Å². The number of carbonyl (C=O) groups is 2. The molecule has 0 bridgehead atoms. The van der Waals surface area contributed by atoms with Crippen LogP contribution in [-0.2, 0) is 22.4 Å². The number of hydrogen-bond donors (Lipinski definition) is 0. The fourth-order valence-corrected chi connectivity index (χ4v) is 3.56. The van der Waals surface area contributed by atoms with E-state index in [0.717, 1.165) is 5.69 Å². The van der Waals surface area contributed by atoms with Gasteiger partial charge < -0.3 is 4.74 Å². The number of hydrogen-bond acceptors (Lipinski definition) is 6. The third-order valence-electron chi connectivity index (χ3n) is 4.58. The van der Waals surface area contributed by atoms with Crippen LogP contribution in [0.3, 0.4) is 0 Å². The lowest BCUT2D eigenvalue weighted by atomic mass is 10.0. The molecule has 3 rings (SSSR count). The van der Waals surface area contributed by atoms with Gasteiger partial charge in [0, 0.05) is 50.4 Å². The van der Waals surface area contributed by atoms with Crippen LogP contribution in [0.1, 0.15) is 53.7 Å². The summed E-state index contributed by atoms with van der Waals surface area (Å²) < 4.78 is 7.05. The number of rotatable bonds is 8. The summed E-state index contributed by atoms with van der Waals surface area (Å²) in [4.78, 5) is 33.0. The van der Waals surface area contributed by atoms with Gasteiger partial charge in [-0.15, -0.1) is 0 Å². The van der Waals surface area contributed by atoms with Gasteiger partial charge in [0.15, 0.2) is 16.6 Å². The zero-order chi connectivity index (χ0) is 21.1. The summed E-state index contributed by atoms with van der Waals surface area (Å²) in [5.41, 5.74) is 2.88. The van der Waals surface area contributed by atoms with Gasteiger partial charge in [-0.3, -0.25) is 14.6 Å². The minimum absolute atomic E-state index is 0.0543. The van der Waals surface area contributed by atoms with E-state index >= 15 is 0 Å². The maximum Gasteiger partial charge on any atom is 0.182 e. The fraction of sp³-hybridized carbons (Fsp3) is 0.350. The summed E-state index contributed by atoms with van der Waals surface area (Å²) in [6.45, 7) is 3.61. The Balaban J connectivity index is 1.85. The van der Waals surface area contributed by atoms with Gasteiger partial charge in [0.25, 0.3) is 0 Å². The van der Waals surface area contributed by atoms with Crippen LogP contribution in [0.5, 0.6) is 0 Å². The molecule has 152 valence electrons. The lowest BCUT2D eigenvalue weighted by Gasteiger charge is -2.16. The number of fused-ring (bicyclic) bond motifs is 1. The first kappa shape index (κ1) is 21.4. The molecule has 7 nitrogen and oxygen atoms in total. The zero-order valence-electron chi connectivity index (χ0n) is 16.3. The van der Waals surface area contributed by atoms with Crippen molar-refractivity contribution in [2.24, 2.45) is 0 Å². The predicted molar refractivity (Wildman–Crippen MR) is 110 cm³/mol. The Morgan fingerprint density at radius 2 is 1.93 bits per heavy atom. The molecule has 3 aromatic rings. The second-order valence-electron chi connectivity index (χ2n) is 6.63. The fourth-order valence-electron chi connectivity index (χ4n) is 3.09. The second kappa shape index (κ2) is 8.98. The minimum Gasteiger partial charge on any atom is -0.375 e. The number of ether oxygens (including phenoxy) is 1. The Hall–Kier alpha value is -2.35. The summed E-state index contributed by atoms with van der Waals surface area (Å²) in [6, 6.07) is 3.26. The Morgan fingerprint density at radius 3 is 2.59 bits per heavy atom. The largest absolute Gasteiger partial charge is 0.375 e. The lowest BCUT2D eigenvalue weighted by molar-refractivity contribution is -0.117. The molecule has 1 atom stereocenters. The highest BCUT2D eigenvalue weighted by Crippen LogP contribution is 2.24. The van der Waals surface area contributed by atoms with E-state index in [0.29, 0.717) is 28.3 Å². The Morgan fingerprint density at radius 1 is 1.17 bits per heavy atom. The van der Waals surface area contributed by atoms with Gasteiger partial charge in [-0.25, -0.2) is 9.50 Å². The average molecular weight is 435 g/mol. The van der Waals surface area contributed by atoms with Crippen molar-refractivity contribution < 1.29 is 14.3 Å². The molecule has 0 aromatic carbocycles. The summed E-state index contributed by atoms with van der Waals surface area (Å²) in [6.07, 6.45) is 3.43. The molecule has 3 aromatic heterocycles. The Bertz CT molecular complexity index is 1080. The number of nitrogens with zero attached hydrogens (tertiary/aromatic N) is 4. The van der Waals surface area contributed by atoms with Crippen LogP contribution in [0.15, 0.2) is 24.5 Å². The number of halogens is 2. The van der Waals surface area contributed by atoms with Gasteiger partial charge in [-0.2, -0.15) is 5.10 Å². The molecule has 3 heterocycles. The molecule has 0 aliphatic carbocycles. The van der Waals surface area contributed by atoms with Gasteiger partial charge in [0.1, 0.15) is 11.5 Å². The molecule has 0 radical (unpaired) electrons. The van der Waals surface area contributed by atoms with Crippen LogP contribution in [0.4, 0.5) is 0 Å². The van der Waals surface area contributed by atoms with Crippen molar-refractivity contribution in [3.8, 4) is 0 Å². The highest BCUT2D eigenvalue weighted by Gasteiger charge is 2.20. The Labute approximate surface area is 178 Å². The highest BCUT2D eigenvalue weighted by atomic mass is 35.5. The number of Topliss-reactive ketones (excluding diaryl/α,β-unsaturated/α-hetero) is 2. The van der Waals surface area contributed by atoms with Crippen LogP contribution < -0.4 is 0 Å². The molecule has 0 saturated heterocycles. The van der Waals surface area contributed by atoms with Crippen LogP contribution in [0.25, 0.3) is 5.65 Å². The van der Waals surface area contributed by atoms with Crippen molar-refractivity contribution >= 4 is 40.4 Å². The molecule has 0 aliphatic rings. The van der Waals surface area contributed by atoms with Crippen molar-refractivity contribution in [2.75, 3.05) is 7.11 Å². The zero-order valence-corrected chi connectivity index (χ0v) is 17.8. The number of carbonyl (C=O) groups excluding carboxylic acids is 2. The van der Waals surface area contributed by atoms with Crippen molar-refractivity contribution in [1.29, 1.82) is 0 Å². The predicted octanol–water partition coefficient (Wildman–Crippen LogP) is 4.09. The molecular weight excluding hydrogens is 415 g/mol. The third kappa shape index (κ3) is 4.63. The van der Waals surface area contributed by atoms with E-state index < -0.39 is 0 Å². The maximum absolute atomic E-state index is 12.7. The molecule has 0 aliphatic heterocycles. The van der Waals surface area contributed by atoms with Crippen molar-refractivity contribution in [1.82, 2.24) is 19.6 Å². The molecule has 9 heteroatoms. The summed E-state index contributed by atoms with van der Waals surface area (Å²) in [7, 11) is 1.58. The Kier molecular flexibility index (Phi) is 6.62. The monoisotopic (exact) mass is 434 g/mol. The minimum atomic E-state index is -0.310. The van der Waals surface area contributed by atoms with Gasteiger partial charge >= 0.3 is 0 Å². The first-order valence-electron chi connectivity index (χ1n) is 9.09. The lowest BCUT2D eigenvalue weighted by Crippen LogP contribution is -2.15. The van der Waals surface area contributed by atoms with E-state index in [1.807, 2.05) is 6.92 Å². The van der Waals surface area contributed by atoms with E-state index in [-0.39, 0.29) is 41.2 Å². The molecule has 29 heavy (non-hydrogen) atoms. The van der Waals surface area contributed by atoms with Crippen LogP contribution >= 0.6 is 23.2 Å². The van der Waals surface area contributed by atoms with Crippen molar-refractivity contribution in [3.05, 3.63) is 57.2 Å². The number of pyridine rings is 1. The van der Waals surface area contributed by atoms with Gasteiger partial charge in [-0.1, -0.05) is 30.1 Å². The average Bonchev–Trinajstić information content (AvgIpc) is 3.06. The molecule has 0 amide bonds. The van der Waals surface area contributed by atoms with Gasteiger partial charge in [-0.05, 0) is 18.6 Å². The first-order valence-corrected chi connectivity index (χ1v) is 9.84. The summed E-state index contributed by atoms with van der Waals surface area (Å²) in [5, 5.41) is 4.82. The molecule has 0 spiro atoms. The van der Waals surface area contributed by atoms with Gasteiger partial charge in [0.05, 0.1) is 16.8 Å². The highest BCUT2D eigenvalue weighted by molar-refractivity contribution is 6.33. The molecule has 0 N–H and O–H groups in total. The third-order valence-corrected chi connectivity index (χ3v) is 5.05. The first-order chi connectivity index (χ1) is 13.8. The molecule has 0 unspecified atom stereocenters. The standard InChI is InChI=1S/C20H20Cl2N4O3/c1-4-16(28)19-15(21)6-12(9-24-19)5-14(27)7-13-10-23-18-8-17(22)25-26(18)20(13)11(2)29-3/h6,8-11H,4-5,7H2,1-3H3/t11-/m0/s1. The van der Waals surface area contributed by atoms with E-state index in [9.17, 15) is 9.59 Å². The smallest absolute Gasteiger partial charge is 0.182 e. The second-order valence-corrected chi connectivity index (χ2v) is 7.42. The maximum atomic E-state index is 12.7. The molecule has 0 saturated carbocycles. The summed E-state index contributed by atoms with van der Waals surface area (Å²) >= 11 is 12.2.